The highest BCUT2D eigenvalue weighted by Gasteiger charge is 2.39. The van der Waals surface area contributed by atoms with Gasteiger partial charge < -0.3 is 10.2 Å². The topological polar surface area (TPSA) is 52.3 Å². The second kappa shape index (κ2) is 7.44. The number of nitrogen functional groups attached to an aromatic ring is 1. The van der Waals surface area contributed by atoms with Crippen molar-refractivity contribution in [1.82, 2.24) is 0 Å². The maximum Gasteiger partial charge on any atom is 0.250 e. The smallest absolute Gasteiger partial charge is 0.250 e. The molecule has 0 aliphatic carbocycles. The third-order valence-electron chi connectivity index (χ3n) is 4.99. The van der Waals surface area contributed by atoms with Gasteiger partial charge in [0.15, 0.2) is 5.78 Å². The molecule has 3 nitrogen and oxygen atoms in total. The predicted octanol–water partition coefficient (Wildman–Crippen LogP) is 5.47. The maximum absolute atomic E-state index is 12.6. The van der Waals surface area contributed by atoms with Crippen LogP contribution in [0.2, 0.25) is 18.1 Å². The van der Waals surface area contributed by atoms with Crippen molar-refractivity contribution >= 4 is 19.8 Å². The van der Waals surface area contributed by atoms with Crippen molar-refractivity contribution in [2.75, 3.05) is 5.73 Å². The monoisotopic (exact) mass is 355 g/mol. The van der Waals surface area contributed by atoms with Gasteiger partial charge >= 0.3 is 0 Å². The quantitative estimate of drug-likeness (QED) is 0.425. The molecule has 0 bridgehead atoms. The summed E-state index contributed by atoms with van der Waals surface area (Å²) in [7, 11) is -1.94. The average Bonchev–Trinajstić information content (AvgIpc) is 2.54. The summed E-state index contributed by atoms with van der Waals surface area (Å²) in [6.07, 6.45) is 1.16. The van der Waals surface area contributed by atoms with Gasteiger partial charge in [-0.05, 0) is 48.3 Å². The molecule has 4 heteroatoms. The van der Waals surface area contributed by atoms with Crippen molar-refractivity contribution in [2.45, 2.75) is 51.7 Å². The lowest BCUT2D eigenvalue weighted by Gasteiger charge is -2.36. The second-order valence-corrected chi connectivity index (χ2v) is 12.7. The van der Waals surface area contributed by atoms with E-state index in [9.17, 15) is 4.79 Å². The molecular weight excluding hydrogens is 326 g/mol. The Balaban J connectivity index is 2.14. The minimum atomic E-state index is -1.94. The Bertz CT molecular complexity index is 733. The van der Waals surface area contributed by atoms with Gasteiger partial charge in [-0.2, -0.15) is 0 Å². The molecule has 0 aliphatic heterocycles. The molecule has 0 unspecified atom stereocenters. The highest BCUT2D eigenvalue weighted by molar-refractivity contribution is 6.74. The molecule has 2 rings (SSSR count). The van der Waals surface area contributed by atoms with Crippen molar-refractivity contribution < 1.29 is 9.22 Å². The van der Waals surface area contributed by atoms with Crippen LogP contribution >= 0.6 is 0 Å². The van der Waals surface area contributed by atoms with Gasteiger partial charge in [-0.3, -0.25) is 4.79 Å². The number of Topliss-reactive ketones (excluding diaryl/α,β-unsaturated/α-hetero) is 1. The fourth-order valence-electron chi connectivity index (χ4n) is 2.33. The summed E-state index contributed by atoms with van der Waals surface area (Å²) in [5, 5.41) is 0.103. The fraction of sp³-hybridized carbons (Fsp3) is 0.381. The molecule has 2 aromatic rings. The highest BCUT2D eigenvalue weighted by atomic mass is 28.4. The van der Waals surface area contributed by atoms with Crippen LogP contribution in [0.4, 0.5) is 5.69 Å². The molecule has 0 radical (unpaired) electrons. The van der Waals surface area contributed by atoms with E-state index in [-0.39, 0.29) is 10.8 Å². The Morgan fingerprint density at radius 2 is 1.72 bits per heavy atom. The zero-order valence-electron chi connectivity index (χ0n) is 15.9. The molecular formula is C21H29NO2Si. The first-order valence-electron chi connectivity index (χ1n) is 8.76. The first kappa shape index (κ1) is 19.3. The van der Waals surface area contributed by atoms with Crippen molar-refractivity contribution in [3.05, 3.63) is 59.7 Å². The third-order valence-corrected chi connectivity index (χ3v) is 9.35. The van der Waals surface area contributed by atoms with E-state index in [4.69, 9.17) is 10.2 Å². The summed E-state index contributed by atoms with van der Waals surface area (Å²) in [6.45, 7) is 11.0. The first-order chi connectivity index (χ1) is 11.6. The zero-order chi connectivity index (χ0) is 18.7. The van der Waals surface area contributed by atoms with E-state index in [0.717, 1.165) is 11.3 Å². The van der Waals surface area contributed by atoms with Gasteiger partial charge in [0.25, 0.3) is 0 Å². The van der Waals surface area contributed by atoms with Crippen LogP contribution in [0, 0.1) is 0 Å². The normalized spacial score (nSPS) is 12.0. The van der Waals surface area contributed by atoms with E-state index in [1.807, 2.05) is 42.5 Å². The van der Waals surface area contributed by atoms with Crippen LogP contribution in [0.3, 0.4) is 0 Å². The van der Waals surface area contributed by atoms with Gasteiger partial charge in [-0.15, -0.1) is 0 Å². The number of rotatable bonds is 6. The minimum Gasteiger partial charge on any atom is -0.543 e. The van der Waals surface area contributed by atoms with Gasteiger partial charge in [0, 0.05) is 17.7 Å². The zero-order valence-corrected chi connectivity index (χ0v) is 16.9. The van der Waals surface area contributed by atoms with Gasteiger partial charge in [0.1, 0.15) is 5.75 Å². The van der Waals surface area contributed by atoms with Crippen molar-refractivity contribution in [3.8, 4) is 5.75 Å². The van der Waals surface area contributed by atoms with E-state index in [2.05, 4.69) is 33.9 Å². The molecule has 2 N–H and O–H groups in total. The number of hydrogen-bond donors (Lipinski definition) is 1. The summed E-state index contributed by atoms with van der Waals surface area (Å²) in [4.78, 5) is 12.6. The van der Waals surface area contributed by atoms with E-state index in [1.165, 1.54) is 0 Å². The standard InChI is InChI=1S/C21H29NO2Si/c1-21(2,3)25(4,5)24-17-12-13-19(22)18(15-17)20(23)14-11-16-9-7-6-8-10-16/h6-10,12-13,15H,11,14,22H2,1-5H3. The Hall–Kier alpha value is -2.07. The van der Waals surface area contributed by atoms with Gasteiger partial charge in [0.05, 0.1) is 0 Å². The van der Waals surface area contributed by atoms with Gasteiger partial charge in [0.2, 0.25) is 8.32 Å². The molecule has 0 saturated carbocycles. The van der Waals surface area contributed by atoms with E-state index < -0.39 is 8.32 Å². The molecule has 2 aromatic carbocycles. The van der Waals surface area contributed by atoms with Crippen LogP contribution < -0.4 is 10.2 Å². The van der Waals surface area contributed by atoms with Crippen LogP contribution in [-0.4, -0.2) is 14.1 Å². The Morgan fingerprint density at radius 3 is 2.32 bits per heavy atom. The van der Waals surface area contributed by atoms with Crippen molar-refractivity contribution in [1.29, 1.82) is 0 Å². The summed E-state index contributed by atoms with van der Waals surface area (Å²) in [5.41, 5.74) is 8.28. The average molecular weight is 356 g/mol. The lowest BCUT2D eigenvalue weighted by Crippen LogP contribution is -2.43. The summed E-state index contributed by atoms with van der Waals surface area (Å²) in [6, 6.07) is 15.5. The summed E-state index contributed by atoms with van der Waals surface area (Å²) < 4.78 is 6.31. The van der Waals surface area contributed by atoms with Gasteiger partial charge in [-0.1, -0.05) is 51.1 Å². The number of carbonyl (C=O) groups is 1. The molecule has 0 amide bonds. The SMILES string of the molecule is CC(C)(C)[Si](C)(C)Oc1ccc(N)c(C(=O)CCc2ccccc2)c1. The third kappa shape index (κ3) is 4.95. The molecule has 0 heterocycles. The number of anilines is 1. The molecule has 0 fully saturated rings. The van der Waals surface area contributed by atoms with Crippen LogP contribution in [0.25, 0.3) is 0 Å². The predicted molar refractivity (Wildman–Crippen MR) is 108 cm³/mol. The molecule has 0 aromatic heterocycles. The lowest BCUT2D eigenvalue weighted by molar-refractivity contribution is 0.0983. The maximum atomic E-state index is 12.6. The van der Waals surface area contributed by atoms with E-state index >= 15 is 0 Å². The number of benzene rings is 2. The lowest BCUT2D eigenvalue weighted by atomic mass is 10.0. The Kier molecular flexibility index (Phi) is 5.73. The Labute approximate surface area is 152 Å². The molecule has 0 saturated heterocycles. The molecule has 134 valence electrons. The first-order valence-corrected chi connectivity index (χ1v) is 11.7. The van der Waals surface area contributed by atoms with E-state index in [0.29, 0.717) is 24.1 Å². The largest absolute Gasteiger partial charge is 0.543 e. The minimum absolute atomic E-state index is 0.0574. The number of nitrogens with two attached hydrogens (primary N) is 1. The van der Waals surface area contributed by atoms with Crippen molar-refractivity contribution in [3.63, 3.8) is 0 Å². The molecule has 0 aliphatic rings. The van der Waals surface area contributed by atoms with E-state index in [1.54, 1.807) is 6.07 Å². The number of ketones is 1. The van der Waals surface area contributed by atoms with Crippen LogP contribution in [0.15, 0.2) is 48.5 Å². The van der Waals surface area contributed by atoms with Crippen LogP contribution in [0.1, 0.15) is 43.1 Å². The molecule has 25 heavy (non-hydrogen) atoms. The number of carbonyl (C=O) groups excluding carboxylic acids is 1. The van der Waals surface area contributed by atoms with Crippen LogP contribution in [0.5, 0.6) is 5.75 Å². The number of hydrogen-bond acceptors (Lipinski definition) is 3. The number of aryl methyl sites for hydroxylation is 1. The summed E-state index contributed by atoms with van der Waals surface area (Å²) in [5.74, 6) is 0.797. The van der Waals surface area contributed by atoms with Crippen molar-refractivity contribution in [2.24, 2.45) is 0 Å². The molecule has 0 spiro atoms. The summed E-state index contributed by atoms with van der Waals surface area (Å²) >= 11 is 0. The second-order valence-electron chi connectivity index (χ2n) is 8.02. The Morgan fingerprint density at radius 1 is 1.08 bits per heavy atom. The molecule has 0 atom stereocenters. The van der Waals surface area contributed by atoms with Gasteiger partial charge in [-0.25, -0.2) is 0 Å². The fourth-order valence-corrected chi connectivity index (χ4v) is 3.35. The highest BCUT2D eigenvalue weighted by Crippen LogP contribution is 2.37. The van der Waals surface area contributed by atoms with Crippen LogP contribution in [-0.2, 0) is 6.42 Å².